The van der Waals surface area contributed by atoms with E-state index in [4.69, 9.17) is 0 Å². The van der Waals surface area contributed by atoms with E-state index in [1.54, 1.807) is 0 Å². The summed E-state index contributed by atoms with van der Waals surface area (Å²) in [6.07, 6.45) is 2.35. The van der Waals surface area contributed by atoms with Gasteiger partial charge in [-0.25, -0.2) is 9.71 Å². The monoisotopic (exact) mass is 288 g/mol. The Morgan fingerprint density at radius 1 is 1.39 bits per heavy atom. The van der Waals surface area contributed by atoms with Crippen LogP contribution < -0.4 is 10.0 Å². The van der Waals surface area contributed by atoms with Crippen LogP contribution in [0.3, 0.4) is 0 Å². The van der Waals surface area contributed by atoms with E-state index in [0.29, 0.717) is 37.2 Å². The minimum atomic E-state index is -3.44. The Kier molecular flexibility index (Phi) is 3.27. The third-order valence-corrected chi connectivity index (χ3v) is 5.55. The van der Waals surface area contributed by atoms with Gasteiger partial charge in [0, 0.05) is 37.5 Å². The number of aromatic nitrogens is 1. The molecule has 1 aromatic heterocycles. The topological polar surface area (TPSA) is 74.3 Å². The van der Waals surface area contributed by atoms with Crippen LogP contribution in [0, 0.1) is 0 Å². The first-order valence-corrected chi connectivity index (χ1v) is 8.41. The number of hydrogen-bond donors (Lipinski definition) is 2. The predicted molar refractivity (Wildman–Crippen MR) is 71.1 cm³/mol. The second kappa shape index (κ2) is 4.76. The average molecular weight is 288 g/mol. The highest BCUT2D eigenvalue weighted by atomic mass is 32.2. The van der Waals surface area contributed by atoms with Gasteiger partial charge in [0.25, 0.3) is 0 Å². The molecular weight excluding hydrogens is 272 g/mol. The number of anilines is 1. The first-order chi connectivity index (χ1) is 8.65. The van der Waals surface area contributed by atoms with E-state index >= 15 is 0 Å². The summed E-state index contributed by atoms with van der Waals surface area (Å²) in [5.74, 6) is 0.554. The highest BCUT2D eigenvalue weighted by Crippen LogP contribution is 2.41. The van der Waals surface area contributed by atoms with Crippen LogP contribution in [-0.2, 0) is 10.2 Å². The van der Waals surface area contributed by atoms with Crippen LogP contribution in [0.15, 0.2) is 5.38 Å². The van der Waals surface area contributed by atoms with Gasteiger partial charge in [-0.3, -0.25) is 0 Å². The molecule has 3 rings (SSSR count). The van der Waals surface area contributed by atoms with Crippen LogP contribution in [0.4, 0.5) is 5.13 Å². The Bertz CT molecular complexity index is 518. The first kappa shape index (κ1) is 12.3. The van der Waals surface area contributed by atoms with Crippen molar-refractivity contribution in [2.24, 2.45) is 0 Å². The maximum atomic E-state index is 12.1. The lowest BCUT2D eigenvalue weighted by atomic mass is 10.3. The van der Waals surface area contributed by atoms with E-state index in [1.807, 2.05) is 5.38 Å². The molecule has 1 saturated heterocycles. The summed E-state index contributed by atoms with van der Waals surface area (Å²) in [5, 5.41) is 5.56. The molecule has 2 heterocycles. The van der Waals surface area contributed by atoms with E-state index in [-0.39, 0.29) is 0 Å². The van der Waals surface area contributed by atoms with Crippen molar-refractivity contribution in [2.75, 3.05) is 30.9 Å². The van der Waals surface area contributed by atoms with Crippen molar-refractivity contribution >= 4 is 26.7 Å². The summed E-state index contributed by atoms with van der Waals surface area (Å²) in [6, 6.07) is 0. The lowest BCUT2D eigenvalue weighted by Gasteiger charge is -2.26. The molecule has 2 aliphatic rings. The van der Waals surface area contributed by atoms with Crippen molar-refractivity contribution in [3.63, 3.8) is 0 Å². The Morgan fingerprint density at radius 3 is 2.78 bits per heavy atom. The van der Waals surface area contributed by atoms with Crippen LogP contribution in [-0.4, -0.2) is 43.9 Å². The van der Waals surface area contributed by atoms with Gasteiger partial charge >= 0.3 is 10.2 Å². The number of piperazine rings is 1. The Morgan fingerprint density at radius 2 is 2.11 bits per heavy atom. The molecule has 18 heavy (non-hydrogen) atoms. The fourth-order valence-corrected chi connectivity index (χ4v) is 4.16. The highest BCUT2D eigenvalue weighted by Gasteiger charge is 2.28. The predicted octanol–water partition coefficient (Wildman–Crippen LogP) is 0.582. The molecule has 0 spiro atoms. The van der Waals surface area contributed by atoms with Gasteiger partial charge in [0.05, 0.1) is 5.69 Å². The first-order valence-electron chi connectivity index (χ1n) is 6.09. The fourth-order valence-electron chi connectivity index (χ4n) is 1.96. The Labute approximate surface area is 111 Å². The number of rotatable bonds is 4. The molecule has 1 aliphatic carbocycles. The van der Waals surface area contributed by atoms with Crippen LogP contribution in [0.1, 0.15) is 24.5 Å². The normalized spacial score (nSPS) is 22.0. The van der Waals surface area contributed by atoms with Crippen molar-refractivity contribution in [3.05, 3.63) is 11.1 Å². The quantitative estimate of drug-likeness (QED) is 0.850. The maximum Gasteiger partial charge on any atom is 0.303 e. The molecule has 1 saturated carbocycles. The molecule has 2 N–H and O–H groups in total. The zero-order valence-electron chi connectivity index (χ0n) is 9.92. The van der Waals surface area contributed by atoms with Crippen molar-refractivity contribution in [3.8, 4) is 0 Å². The molecule has 0 atom stereocenters. The van der Waals surface area contributed by atoms with Gasteiger partial charge in [-0.05, 0) is 12.8 Å². The van der Waals surface area contributed by atoms with E-state index in [2.05, 4.69) is 15.0 Å². The van der Waals surface area contributed by atoms with Crippen molar-refractivity contribution in [1.29, 1.82) is 0 Å². The Balaban J connectivity index is 1.69. The molecule has 1 aromatic rings. The summed E-state index contributed by atoms with van der Waals surface area (Å²) in [4.78, 5) is 4.34. The maximum absolute atomic E-state index is 12.1. The summed E-state index contributed by atoms with van der Waals surface area (Å²) < 4.78 is 28.2. The van der Waals surface area contributed by atoms with E-state index < -0.39 is 10.2 Å². The number of thiazole rings is 1. The minimum Gasteiger partial charge on any atom is -0.314 e. The molecule has 0 amide bonds. The van der Waals surface area contributed by atoms with Crippen molar-refractivity contribution < 1.29 is 8.42 Å². The Hall–Kier alpha value is -0.700. The second-order valence-electron chi connectivity index (χ2n) is 4.61. The molecular formula is C10H16N4O2S2. The van der Waals surface area contributed by atoms with E-state index in [0.717, 1.165) is 5.69 Å². The number of nitrogens with one attached hydrogen (secondary N) is 2. The van der Waals surface area contributed by atoms with Gasteiger partial charge in [0.1, 0.15) is 0 Å². The van der Waals surface area contributed by atoms with Crippen molar-refractivity contribution in [1.82, 2.24) is 14.6 Å². The summed E-state index contributed by atoms with van der Waals surface area (Å²) in [6.45, 7) is 2.42. The summed E-state index contributed by atoms with van der Waals surface area (Å²) in [5.41, 5.74) is 1.03. The third kappa shape index (κ3) is 2.66. The molecule has 1 aliphatic heterocycles. The summed E-state index contributed by atoms with van der Waals surface area (Å²) in [7, 11) is -3.44. The van der Waals surface area contributed by atoms with Crippen LogP contribution in [0.5, 0.6) is 0 Å². The smallest absolute Gasteiger partial charge is 0.303 e. The molecule has 8 heteroatoms. The van der Waals surface area contributed by atoms with Gasteiger partial charge in [0.2, 0.25) is 0 Å². The van der Waals surface area contributed by atoms with Gasteiger partial charge in [-0.2, -0.15) is 12.7 Å². The third-order valence-electron chi connectivity index (χ3n) is 3.15. The molecule has 6 nitrogen and oxygen atoms in total. The molecule has 0 radical (unpaired) electrons. The van der Waals surface area contributed by atoms with E-state index in [1.165, 1.54) is 28.5 Å². The molecule has 2 fully saturated rings. The average Bonchev–Trinajstić information content (AvgIpc) is 3.12. The zero-order chi connectivity index (χ0) is 12.6. The highest BCUT2D eigenvalue weighted by molar-refractivity contribution is 7.90. The van der Waals surface area contributed by atoms with Gasteiger partial charge < -0.3 is 5.32 Å². The number of nitrogens with zero attached hydrogens (tertiary/aromatic N) is 2. The van der Waals surface area contributed by atoms with Gasteiger partial charge in [-0.15, -0.1) is 11.3 Å². The van der Waals surface area contributed by atoms with E-state index in [9.17, 15) is 8.42 Å². The van der Waals surface area contributed by atoms with Crippen LogP contribution in [0.25, 0.3) is 0 Å². The van der Waals surface area contributed by atoms with Gasteiger partial charge in [0.15, 0.2) is 5.13 Å². The molecule has 0 bridgehead atoms. The van der Waals surface area contributed by atoms with Gasteiger partial charge in [-0.1, -0.05) is 0 Å². The number of hydrogen-bond acceptors (Lipinski definition) is 5. The lowest BCUT2D eigenvalue weighted by molar-refractivity contribution is 0.362. The lowest BCUT2D eigenvalue weighted by Crippen LogP contribution is -2.48. The largest absolute Gasteiger partial charge is 0.314 e. The second-order valence-corrected chi connectivity index (χ2v) is 7.14. The standard InChI is InChI=1S/C10H16N4O2S2/c15-18(16,14-5-3-11-4-6-14)13-10-12-9(7-17-10)8-1-2-8/h7-8,11H,1-6H2,(H,12,13). The van der Waals surface area contributed by atoms with Crippen LogP contribution in [0.2, 0.25) is 0 Å². The summed E-state index contributed by atoms with van der Waals surface area (Å²) >= 11 is 1.37. The zero-order valence-corrected chi connectivity index (χ0v) is 11.6. The molecule has 100 valence electrons. The minimum absolute atomic E-state index is 0.482. The SMILES string of the molecule is O=S(=O)(Nc1nc(C2CC2)cs1)N1CCNCC1. The van der Waals surface area contributed by atoms with Crippen molar-refractivity contribution in [2.45, 2.75) is 18.8 Å². The fraction of sp³-hybridized carbons (Fsp3) is 0.700. The molecule has 0 unspecified atom stereocenters. The van der Waals surface area contributed by atoms with Crippen LogP contribution >= 0.6 is 11.3 Å². The molecule has 0 aromatic carbocycles.